The van der Waals surface area contributed by atoms with Gasteiger partial charge in [-0.1, -0.05) is 30.3 Å². The van der Waals surface area contributed by atoms with E-state index in [1.165, 1.54) is 0 Å². The predicted octanol–water partition coefficient (Wildman–Crippen LogP) is 2.98. The standard InChI is InChI=1S/C24H25N3O4/c1-17-21(26-23(31-17)19-5-3-2-4-6-19)15-22(28)25-16-18-7-9-20(10-8-18)24(29)27-11-13-30-14-12-27/h2-10H,11-16H2,1H3,(H,25,28). The van der Waals surface area contributed by atoms with E-state index in [-0.39, 0.29) is 18.2 Å². The fraction of sp³-hybridized carbons (Fsp3) is 0.292. The Morgan fingerprint density at radius 3 is 2.45 bits per heavy atom. The lowest BCUT2D eigenvalue weighted by Crippen LogP contribution is -2.40. The Hall–Kier alpha value is -3.45. The Balaban J connectivity index is 1.31. The molecule has 0 saturated carbocycles. The molecular formula is C24H25N3O4. The number of carbonyl (C=O) groups excluding carboxylic acids is 2. The number of morpholine rings is 1. The van der Waals surface area contributed by atoms with Gasteiger partial charge in [-0.25, -0.2) is 4.98 Å². The van der Waals surface area contributed by atoms with Crippen LogP contribution in [0, 0.1) is 6.92 Å². The molecule has 1 aromatic heterocycles. The number of rotatable bonds is 6. The van der Waals surface area contributed by atoms with E-state index in [4.69, 9.17) is 9.15 Å². The molecular weight excluding hydrogens is 394 g/mol. The molecule has 1 fully saturated rings. The summed E-state index contributed by atoms with van der Waals surface area (Å²) >= 11 is 0. The van der Waals surface area contributed by atoms with E-state index < -0.39 is 0 Å². The maximum atomic E-state index is 12.5. The monoisotopic (exact) mass is 419 g/mol. The summed E-state index contributed by atoms with van der Waals surface area (Å²) in [4.78, 5) is 31.2. The largest absolute Gasteiger partial charge is 0.441 e. The smallest absolute Gasteiger partial charge is 0.254 e. The Bertz CT molecular complexity index is 1040. The molecule has 0 atom stereocenters. The van der Waals surface area contributed by atoms with Crippen molar-refractivity contribution in [2.75, 3.05) is 26.3 Å². The van der Waals surface area contributed by atoms with Crippen molar-refractivity contribution < 1.29 is 18.7 Å². The lowest BCUT2D eigenvalue weighted by Gasteiger charge is -2.26. The van der Waals surface area contributed by atoms with Gasteiger partial charge in [-0.2, -0.15) is 0 Å². The summed E-state index contributed by atoms with van der Waals surface area (Å²) in [6.07, 6.45) is 0.149. The van der Waals surface area contributed by atoms with Crippen molar-refractivity contribution in [1.29, 1.82) is 0 Å². The first-order valence-corrected chi connectivity index (χ1v) is 10.3. The van der Waals surface area contributed by atoms with E-state index >= 15 is 0 Å². The van der Waals surface area contributed by atoms with E-state index in [1.54, 1.807) is 17.0 Å². The highest BCUT2D eigenvalue weighted by Gasteiger charge is 2.18. The van der Waals surface area contributed by atoms with Crippen molar-refractivity contribution in [3.8, 4) is 11.5 Å². The summed E-state index contributed by atoms with van der Waals surface area (Å²) in [7, 11) is 0. The van der Waals surface area contributed by atoms with E-state index in [9.17, 15) is 9.59 Å². The lowest BCUT2D eigenvalue weighted by atomic mass is 10.1. The molecule has 3 aromatic rings. The summed E-state index contributed by atoms with van der Waals surface area (Å²) < 4.78 is 11.0. The highest BCUT2D eigenvalue weighted by molar-refractivity contribution is 5.94. The van der Waals surface area contributed by atoms with Crippen molar-refractivity contribution in [3.63, 3.8) is 0 Å². The molecule has 2 amide bonds. The number of aromatic nitrogens is 1. The quantitative estimate of drug-likeness (QED) is 0.664. The zero-order valence-corrected chi connectivity index (χ0v) is 17.5. The summed E-state index contributed by atoms with van der Waals surface area (Å²) in [6.45, 7) is 4.58. The number of oxazole rings is 1. The zero-order chi connectivity index (χ0) is 21.6. The fourth-order valence-corrected chi connectivity index (χ4v) is 3.43. The highest BCUT2D eigenvalue weighted by atomic mass is 16.5. The Kier molecular flexibility index (Phi) is 6.43. The van der Waals surface area contributed by atoms with Crippen molar-refractivity contribution in [1.82, 2.24) is 15.2 Å². The van der Waals surface area contributed by atoms with Gasteiger partial charge >= 0.3 is 0 Å². The maximum absolute atomic E-state index is 12.5. The Morgan fingerprint density at radius 2 is 1.74 bits per heavy atom. The minimum atomic E-state index is -0.135. The molecule has 160 valence electrons. The van der Waals surface area contributed by atoms with E-state index in [2.05, 4.69) is 10.3 Å². The molecule has 2 heterocycles. The van der Waals surface area contributed by atoms with Crippen LogP contribution < -0.4 is 5.32 Å². The van der Waals surface area contributed by atoms with Crippen molar-refractivity contribution in [2.24, 2.45) is 0 Å². The van der Waals surface area contributed by atoms with Crippen LogP contribution in [0.25, 0.3) is 11.5 Å². The Labute approximate surface area is 181 Å². The molecule has 0 radical (unpaired) electrons. The number of carbonyl (C=O) groups is 2. The van der Waals surface area contributed by atoms with Gasteiger partial charge in [0.05, 0.1) is 25.3 Å². The van der Waals surface area contributed by atoms with Crippen LogP contribution in [-0.4, -0.2) is 48.0 Å². The van der Waals surface area contributed by atoms with Crippen molar-refractivity contribution in [3.05, 3.63) is 77.2 Å². The van der Waals surface area contributed by atoms with Crippen molar-refractivity contribution in [2.45, 2.75) is 19.9 Å². The van der Waals surface area contributed by atoms with Crippen LogP contribution in [0.15, 0.2) is 59.0 Å². The molecule has 7 nitrogen and oxygen atoms in total. The normalized spacial score (nSPS) is 13.8. The van der Waals surface area contributed by atoms with Gasteiger partial charge in [-0.15, -0.1) is 0 Å². The van der Waals surface area contributed by atoms with Gasteiger partial charge in [0.25, 0.3) is 5.91 Å². The van der Waals surface area contributed by atoms with Crippen LogP contribution in [0.2, 0.25) is 0 Å². The first-order valence-electron chi connectivity index (χ1n) is 10.3. The molecule has 1 saturated heterocycles. The van der Waals surface area contributed by atoms with Crippen LogP contribution in [0.4, 0.5) is 0 Å². The molecule has 4 rings (SSSR count). The van der Waals surface area contributed by atoms with Gasteiger partial charge in [0.1, 0.15) is 5.76 Å². The average molecular weight is 419 g/mol. The number of amides is 2. The molecule has 31 heavy (non-hydrogen) atoms. The lowest BCUT2D eigenvalue weighted by molar-refractivity contribution is -0.120. The predicted molar refractivity (Wildman–Crippen MR) is 115 cm³/mol. The second-order valence-electron chi connectivity index (χ2n) is 7.44. The molecule has 0 aliphatic carbocycles. The summed E-state index contributed by atoms with van der Waals surface area (Å²) in [5.41, 5.74) is 3.07. The number of hydrogen-bond donors (Lipinski definition) is 1. The van der Waals surface area contributed by atoms with Gasteiger partial charge in [-0.05, 0) is 36.8 Å². The molecule has 2 aromatic carbocycles. The topological polar surface area (TPSA) is 84.7 Å². The molecule has 1 aliphatic rings. The van der Waals surface area contributed by atoms with Crippen LogP contribution in [-0.2, 0) is 22.5 Å². The molecule has 0 unspecified atom stereocenters. The van der Waals surface area contributed by atoms with Gasteiger partial charge in [-0.3, -0.25) is 9.59 Å². The van der Waals surface area contributed by atoms with Gasteiger partial charge < -0.3 is 19.4 Å². The van der Waals surface area contributed by atoms with E-state index in [1.807, 2.05) is 49.4 Å². The molecule has 0 spiro atoms. The number of hydrogen-bond acceptors (Lipinski definition) is 5. The third kappa shape index (κ3) is 5.19. The first kappa shape index (κ1) is 20.8. The van der Waals surface area contributed by atoms with Crippen molar-refractivity contribution >= 4 is 11.8 Å². The molecule has 0 bridgehead atoms. The van der Waals surface area contributed by atoms with Crippen LogP contribution in [0.3, 0.4) is 0 Å². The summed E-state index contributed by atoms with van der Waals surface area (Å²) in [5.74, 6) is 1.03. The second-order valence-corrected chi connectivity index (χ2v) is 7.44. The third-order valence-corrected chi connectivity index (χ3v) is 5.23. The van der Waals surface area contributed by atoms with Crippen LogP contribution >= 0.6 is 0 Å². The molecule has 1 aliphatic heterocycles. The van der Waals surface area contributed by atoms with E-state index in [0.717, 1.165) is 11.1 Å². The number of nitrogens with zero attached hydrogens (tertiary/aromatic N) is 2. The third-order valence-electron chi connectivity index (χ3n) is 5.23. The number of benzene rings is 2. The minimum absolute atomic E-state index is 0.00890. The van der Waals surface area contributed by atoms with Gasteiger partial charge in [0.2, 0.25) is 11.8 Å². The fourth-order valence-electron chi connectivity index (χ4n) is 3.43. The summed E-state index contributed by atoms with van der Waals surface area (Å²) in [6, 6.07) is 16.9. The first-order chi connectivity index (χ1) is 15.1. The summed E-state index contributed by atoms with van der Waals surface area (Å²) in [5, 5.41) is 2.90. The SMILES string of the molecule is Cc1oc(-c2ccccc2)nc1CC(=O)NCc1ccc(C(=O)N2CCOCC2)cc1. The molecule has 7 heteroatoms. The number of nitrogens with one attached hydrogen (secondary N) is 1. The average Bonchev–Trinajstić information content (AvgIpc) is 3.19. The maximum Gasteiger partial charge on any atom is 0.254 e. The minimum Gasteiger partial charge on any atom is -0.441 e. The van der Waals surface area contributed by atoms with Gasteiger partial charge in [0, 0.05) is 30.8 Å². The Morgan fingerprint density at radius 1 is 1.03 bits per heavy atom. The van der Waals surface area contributed by atoms with Crippen LogP contribution in [0.5, 0.6) is 0 Å². The van der Waals surface area contributed by atoms with E-state index in [0.29, 0.717) is 55.8 Å². The highest BCUT2D eigenvalue weighted by Crippen LogP contribution is 2.21. The van der Waals surface area contributed by atoms with Crippen LogP contribution in [0.1, 0.15) is 27.4 Å². The van der Waals surface area contributed by atoms with Gasteiger partial charge in [0.15, 0.2) is 0 Å². The zero-order valence-electron chi connectivity index (χ0n) is 17.5. The second kappa shape index (κ2) is 9.57. The number of ether oxygens (including phenoxy) is 1. The number of aryl methyl sites for hydroxylation is 1. The molecule has 1 N–H and O–H groups in total.